The number of para-hydroxylation sites is 2. The number of fused-ring (bicyclic) bond motifs is 8. The maximum atomic E-state index is 10.7. The second-order valence-electron chi connectivity index (χ2n) is 11.2. The number of nitrogens with zero attached hydrogens (tertiary/aromatic N) is 8. The number of hydrogen-bond donors (Lipinski definition) is 2. The van der Waals surface area contributed by atoms with Crippen molar-refractivity contribution in [2.45, 2.75) is 9.79 Å². The van der Waals surface area contributed by atoms with Crippen molar-refractivity contribution in [3.8, 4) is 0 Å². The van der Waals surface area contributed by atoms with Crippen molar-refractivity contribution in [1.29, 1.82) is 0 Å². The van der Waals surface area contributed by atoms with E-state index in [2.05, 4.69) is 99.3 Å². The molecule has 0 unspecified atom stereocenters. The largest absolute Gasteiger partial charge is 2.00 e. The summed E-state index contributed by atoms with van der Waals surface area (Å²) in [5.74, 6) is 0. The van der Waals surface area contributed by atoms with E-state index in [9.17, 15) is 25.9 Å². The number of pyridine rings is 4. The first kappa shape index (κ1) is 43.7. The van der Waals surface area contributed by atoms with E-state index in [0.717, 1.165) is 43.6 Å². The summed E-state index contributed by atoms with van der Waals surface area (Å²) in [5.41, 5.74) is 4.79. The van der Waals surface area contributed by atoms with E-state index in [1.807, 2.05) is 24.3 Å². The van der Waals surface area contributed by atoms with Crippen molar-refractivity contribution in [1.82, 2.24) is 50.8 Å². The van der Waals surface area contributed by atoms with Crippen LogP contribution in [0.2, 0.25) is 0 Å². The molecule has 0 spiro atoms. The molecular weight excluding hydrogens is 877 g/mol. The number of aromatic nitrogens is 10. The molecule has 10 rings (SSSR count). The maximum Gasteiger partial charge on any atom is 2.00 e. The first-order chi connectivity index (χ1) is 26.1. The Balaban J connectivity index is 0.000000166. The summed E-state index contributed by atoms with van der Waals surface area (Å²) >= 11 is 0. The van der Waals surface area contributed by atoms with Crippen LogP contribution in [0, 0.1) is 0 Å². The quantitative estimate of drug-likeness (QED) is 0.142. The fourth-order valence-corrected chi connectivity index (χ4v) is 6.71. The predicted octanol–water partition coefficient (Wildman–Crippen LogP) is 3.64. The minimum atomic E-state index is -4.47. The van der Waals surface area contributed by atoms with Crippen LogP contribution in [0.1, 0.15) is 0 Å². The Hall–Kier alpha value is -6.02. The van der Waals surface area contributed by atoms with Crippen LogP contribution >= 0.6 is 0 Å². The third-order valence-electron chi connectivity index (χ3n) is 7.85. The van der Waals surface area contributed by atoms with Gasteiger partial charge >= 0.3 is 27.3 Å². The Morgan fingerprint density at radius 2 is 0.684 bits per heavy atom. The third kappa shape index (κ3) is 9.87. The molecule has 0 atom stereocenters. The summed E-state index contributed by atoms with van der Waals surface area (Å²) in [5, 5.41) is 23.5. The SMILES string of the molecule is O.O.O=S(=O)([O-])c1cccc2n[nH]nc12.O=S(=O)([O-])c1cccc2n[nH]nc12.[Cd+2].c1cnc2c(c1)ccc1cccnc12.c1cnc2c(c1)ccc1cccnc12. The summed E-state index contributed by atoms with van der Waals surface area (Å²) in [4.78, 5) is 16.7. The molecule has 0 saturated carbocycles. The Bertz CT molecular complexity index is 2850. The Kier molecular flexibility index (Phi) is 14.4. The molecule has 284 valence electrons. The molecule has 10 aromatic rings. The number of H-pyrrole nitrogens is 2. The van der Waals surface area contributed by atoms with Crippen LogP contribution in [0.4, 0.5) is 0 Å². The van der Waals surface area contributed by atoms with Crippen molar-refractivity contribution >= 4 is 85.9 Å². The molecule has 0 aliphatic rings. The van der Waals surface area contributed by atoms with E-state index in [1.54, 1.807) is 36.9 Å². The van der Waals surface area contributed by atoms with Gasteiger partial charge in [0.25, 0.3) is 0 Å². The van der Waals surface area contributed by atoms with Gasteiger partial charge in [0.2, 0.25) is 0 Å². The number of rotatable bonds is 2. The summed E-state index contributed by atoms with van der Waals surface area (Å²) in [6.45, 7) is 0. The van der Waals surface area contributed by atoms with E-state index < -0.39 is 20.2 Å². The van der Waals surface area contributed by atoms with Gasteiger partial charge in [-0.3, -0.25) is 19.9 Å². The van der Waals surface area contributed by atoms with E-state index in [-0.39, 0.29) is 59.1 Å². The average molecular weight is 905 g/mol. The third-order valence-corrected chi connectivity index (χ3v) is 9.58. The molecule has 0 aliphatic heterocycles. The first-order valence-electron chi connectivity index (χ1n) is 15.8. The second kappa shape index (κ2) is 18.7. The van der Waals surface area contributed by atoms with Gasteiger partial charge in [-0.1, -0.05) is 60.7 Å². The fourth-order valence-electron chi connectivity index (χ4n) is 5.45. The molecule has 57 heavy (non-hydrogen) atoms. The van der Waals surface area contributed by atoms with Crippen LogP contribution in [-0.2, 0) is 47.5 Å². The van der Waals surface area contributed by atoms with Gasteiger partial charge in [0, 0.05) is 46.3 Å². The molecule has 0 fully saturated rings. The minimum Gasteiger partial charge on any atom is -0.744 e. The number of nitrogens with one attached hydrogen (secondary N) is 2. The van der Waals surface area contributed by atoms with Crippen molar-refractivity contribution in [2.24, 2.45) is 0 Å². The van der Waals surface area contributed by atoms with E-state index in [1.165, 1.54) is 24.3 Å². The van der Waals surface area contributed by atoms with Gasteiger partial charge in [-0.25, -0.2) is 16.8 Å². The first-order valence-corrected chi connectivity index (χ1v) is 18.6. The molecule has 6 heterocycles. The molecule has 21 heteroatoms. The van der Waals surface area contributed by atoms with Gasteiger partial charge in [0.15, 0.2) is 0 Å². The van der Waals surface area contributed by atoms with Crippen molar-refractivity contribution in [2.75, 3.05) is 0 Å². The van der Waals surface area contributed by atoms with Gasteiger partial charge in [0.05, 0.1) is 31.9 Å². The second-order valence-corrected chi connectivity index (χ2v) is 13.9. The van der Waals surface area contributed by atoms with E-state index in [0.29, 0.717) is 11.0 Å². The van der Waals surface area contributed by atoms with Crippen LogP contribution < -0.4 is 0 Å². The van der Waals surface area contributed by atoms with Gasteiger partial charge in [-0.2, -0.15) is 30.8 Å². The standard InChI is InChI=1S/2C12H8N2.2C6H5N3O3S.Cd.2H2O/c2*1-3-9-5-6-10-4-2-8-14-12(10)11(9)13-7-1;2*10-13(11,12)5-3-1-2-4-6(5)8-9-7-4;;;/h2*1-8H;2*1-3H,(H,7,8,9)(H,10,11,12);;2*1H2/q;;;;+2;;/p-2. The fraction of sp³-hybridized carbons (Fsp3) is 0. The zero-order valence-corrected chi connectivity index (χ0v) is 34.9. The van der Waals surface area contributed by atoms with Crippen LogP contribution in [0.5, 0.6) is 0 Å². The molecule has 4 aromatic carbocycles. The molecule has 0 saturated heterocycles. The van der Waals surface area contributed by atoms with Crippen molar-refractivity contribution < 1.29 is 64.2 Å². The average Bonchev–Trinajstić information content (AvgIpc) is 3.88. The normalized spacial score (nSPS) is 10.8. The summed E-state index contributed by atoms with van der Waals surface area (Å²) < 4.78 is 64.2. The van der Waals surface area contributed by atoms with Gasteiger partial charge < -0.3 is 20.1 Å². The summed E-state index contributed by atoms with van der Waals surface area (Å²) in [7, 11) is -8.94. The van der Waals surface area contributed by atoms with Gasteiger partial charge in [0.1, 0.15) is 42.3 Å². The number of benzene rings is 4. The van der Waals surface area contributed by atoms with Gasteiger partial charge in [-0.15, -0.1) is 0 Å². The maximum absolute atomic E-state index is 10.7. The molecule has 6 N–H and O–H groups in total. The van der Waals surface area contributed by atoms with Crippen molar-refractivity contribution in [3.63, 3.8) is 0 Å². The smallest absolute Gasteiger partial charge is 0.744 e. The predicted molar refractivity (Wildman–Crippen MR) is 205 cm³/mol. The van der Waals surface area contributed by atoms with E-state index >= 15 is 0 Å². The molecule has 0 bridgehead atoms. The molecule has 18 nitrogen and oxygen atoms in total. The summed E-state index contributed by atoms with van der Waals surface area (Å²) in [6, 6.07) is 32.7. The molecular formula is C36H28CdN10O8S2. The minimum absolute atomic E-state index is 0. The topological polar surface area (TPSA) is 312 Å². The van der Waals surface area contributed by atoms with Crippen LogP contribution in [0.15, 0.2) is 144 Å². The molecule has 0 radical (unpaired) electrons. The Morgan fingerprint density at radius 1 is 0.386 bits per heavy atom. The van der Waals surface area contributed by atoms with E-state index in [4.69, 9.17) is 0 Å². The Morgan fingerprint density at radius 3 is 0.965 bits per heavy atom. The molecule has 0 amide bonds. The number of aromatic amines is 2. The number of hydrogen-bond acceptors (Lipinski definition) is 14. The monoisotopic (exact) mass is 906 g/mol. The van der Waals surface area contributed by atoms with Crippen LogP contribution in [-0.4, -0.2) is 87.7 Å². The van der Waals surface area contributed by atoms with Gasteiger partial charge in [-0.05, 0) is 48.5 Å². The zero-order chi connectivity index (χ0) is 37.7. The van der Waals surface area contributed by atoms with Crippen LogP contribution in [0.25, 0.3) is 65.7 Å². The Labute approximate surface area is 342 Å². The zero-order valence-electron chi connectivity index (χ0n) is 29.3. The van der Waals surface area contributed by atoms with Crippen molar-refractivity contribution in [3.05, 3.63) is 134 Å². The molecule has 6 aromatic heterocycles. The summed E-state index contributed by atoms with van der Waals surface area (Å²) in [6.07, 6.45) is 7.21. The molecule has 0 aliphatic carbocycles. The van der Waals surface area contributed by atoms with Crippen LogP contribution in [0.3, 0.4) is 0 Å².